The van der Waals surface area contributed by atoms with Gasteiger partial charge in [0.15, 0.2) is 0 Å². The highest BCUT2D eigenvalue weighted by atomic mass is 35.5. The van der Waals surface area contributed by atoms with E-state index in [4.69, 9.17) is 4.74 Å². The van der Waals surface area contributed by atoms with E-state index in [1.165, 1.54) is 11.1 Å². The Kier molecular flexibility index (Phi) is 9.43. The third kappa shape index (κ3) is 5.68. The molecule has 1 heterocycles. The van der Waals surface area contributed by atoms with Crippen LogP contribution in [0, 0.1) is 5.41 Å². The molecule has 0 bridgehead atoms. The second-order valence-corrected chi connectivity index (χ2v) is 6.55. The van der Waals surface area contributed by atoms with Crippen molar-refractivity contribution in [3.05, 3.63) is 35.4 Å². The first-order chi connectivity index (χ1) is 11.6. The van der Waals surface area contributed by atoms with E-state index in [0.717, 1.165) is 32.6 Å². The van der Waals surface area contributed by atoms with Gasteiger partial charge in [0.1, 0.15) is 0 Å². The van der Waals surface area contributed by atoms with E-state index < -0.39 is 5.41 Å². The molecule has 1 aliphatic heterocycles. The van der Waals surface area contributed by atoms with Crippen LogP contribution in [0.2, 0.25) is 0 Å². The topological polar surface area (TPSA) is 53.6 Å². The van der Waals surface area contributed by atoms with Crippen LogP contribution in [0.5, 0.6) is 0 Å². The van der Waals surface area contributed by atoms with E-state index in [0.29, 0.717) is 19.7 Å². The van der Waals surface area contributed by atoms with Gasteiger partial charge in [0.25, 0.3) is 0 Å². The Morgan fingerprint density at radius 2 is 1.96 bits per heavy atom. The van der Waals surface area contributed by atoms with Gasteiger partial charge in [-0.25, -0.2) is 0 Å². The molecule has 0 spiro atoms. The minimum Gasteiger partial charge on any atom is -0.384 e. The third-order valence-electron chi connectivity index (χ3n) is 4.99. The summed E-state index contributed by atoms with van der Waals surface area (Å²) in [4.78, 5) is 15.1. The van der Waals surface area contributed by atoms with Crippen molar-refractivity contribution in [3.63, 3.8) is 0 Å². The molecule has 1 amide bonds. The number of hydrogen-bond acceptors (Lipinski definition) is 4. The molecule has 1 fully saturated rings. The van der Waals surface area contributed by atoms with Crippen molar-refractivity contribution in [2.24, 2.45) is 5.41 Å². The molecule has 142 valence electrons. The molecule has 0 saturated carbocycles. The number of amides is 1. The van der Waals surface area contributed by atoms with Gasteiger partial charge in [0.2, 0.25) is 5.91 Å². The number of carbonyl (C=O) groups is 1. The summed E-state index contributed by atoms with van der Waals surface area (Å²) in [7, 11) is 1.66. The summed E-state index contributed by atoms with van der Waals surface area (Å²) in [5.74, 6) is 0.0898. The first-order valence-electron chi connectivity index (χ1n) is 8.92. The molecule has 6 heteroatoms. The fraction of sp³-hybridized carbons (Fsp3) is 0.632. The quantitative estimate of drug-likeness (QED) is 0.700. The molecular weight excluding hydrogens is 338 g/mol. The molecular formula is C19H32ClN3O2. The smallest absolute Gasteiger partial charge is 0.230 e. The predicted molar refractivity (Wildman–Crippen MR) is 104 cm³/mol. The summed E-state index contributed by atoms with van der Waals surface area (Å²) >= 11 is 0. The normalized spacial score (nSPS) is 19.7. The van der Waals surface area contributed by atoms with E-state index in [2.05, 4.69) is 47.6 Å². The van der Waals surface area contributed by atoms with E-state index in [9.17, 15) is 4.79 Å². The Bertz CT molecular complexity index is 529. The van der Waals surface area contributed by atoms with E-state index >= 15 is 0 Å². The first-order valence-corrected chi connectivity index (χ1v) is 8.92. The lowest BCUT2D eigenvalue weighted by atomic mass is 9.87. The van der Waals surface area contributed by atoms with E-state index in [1.807, 2.05) is 6.07 Å². The van der Waals surface area contributed by atoms with E-state index in [1.54, 1.807) is 7.11 Å². The van der Waals surface area contributed by atoms with Crippen LogP contribution >= 0.6 is 12.4 Å². The number of benzene rings is 1. The zero-order valence-electron chi connectivity index (χ0n) is 15.6. The number of nitrogens with zero attached hydrogens (tertiary/aromatic N) is 1. The van der Waals surface area contributed by atoms with Crippen molar-refractivity contribution in [1.29, 1.82) is 0 Å². The molecule has 0 aromatic heterocycles. The molecule has 1 unspecified atom stereocenters. The minimum absolute atomic E-state index is 0. The van der Waals surface area contributed by atoms with Crippen LogP contribution < -0.4 is 10.6 Å². The van der Waals surface area contributed by atoms with Crippen LogP contribution in [0.25, 0.3) is 0 Å². The minimum atomic E-state index is -0.428. The highest BCUT2D eigenvalue weighted by Crippen LogP contribution is 2.26. The molecule has 1 aromatic rings. The fourth-order valence-corrected chi connectivity index (χ4v) is 3.34. The van der Waals surface area contributed by atoms with E-state index in [-0.39, 0.29) is 18.3 Å². The van der Waals surface area contributed by atoms with Crippen molar-refractivity contribution in [2.75, 3.05) is 39.9 Å². The Morgan fingerprint density at radius 1 is 1.28 bits per heavy atom. The number of rotatable bonds is 9. The molecule has 2 N–H and O–H groups in total. The van der Waals surface area contributed by atoms with Gasteiger partial charge in [-0.15, -0.1) is 12.4 Å². The largest absolute Gasteiger partial charge is 0.384 e. The molecule has 5 nitrogen and oxygen atoms in total. The number of halogens is 1. The lowest BCUT2D eigenvalue weighted by Crippen LogP contribution is -2.45. The molecule has 1 aromatic carbocycles. The van der Waals surface area contributed by atoms with Gasteiger partial charge in [0, 0.05) is 26.7 Å². The standard InChI is InChI=1S/C19H31N3O2.ClH/c1-4-22(5-2)13-17-9-7-6-8-16(17)12-21-18(23)19(15-24-3)10-11-20-14-19;/h6-9,20H,4-5,10-15H2,1-3H3,(H,21,23);1H. The third-order valence-corrected chi connectivity index (χ3v) is 4.99. The second-order valence-electron chi connectivity index (χ2n) is 6.55. The number of hydrogen-bond donors (Lipinski definition) is 2. The highest BCUT2D eigenvalue weighted by Gasteiger charge is 2.41. The van der Waals surface area contributed by atoms with Crippen LogP contribution in [0.1, 0.15) is 31.4 Å². The lowest BCUT2D eigenvalue weighted by molar-refractivity contribution is -0.133. The zero-order valence-corrected chi connectivity index (χ0v) is 16.5. The van der Waals surface area contributed by atoms with Crippen molar-refractivity contribution < 1.29 is 9.53 Å². The van der Waals surface area contributed by atoms with Crippen molar-refractivity contribution in [3.8, 4) is 0 Å². The molecule has 25 heavy (non-hydrogen) atoms. The van der Waals surface area contributed by atoms with Gasteiger partial charge < -0.3 is 15.4 Å². The molecule has 0 aliphatic carbocycles. The van der Waals surface area contributed by atoms with Crippen molar-refractivity contribution >= 4 is 18.3 Å². The fourth-order valence-electron chi connectivity index (χ4n) is 3.34. The van der Waals surface area contributed by atoms with Gasteiger partial charge in [0.05, 0.1) is 12.0 Å². The maximum Gasteiger partial charge on any atom is 0.230 e. The van der Waals surface area contributed by atoms with Crippen LogP contribution in [0.3, 0.4) is 0 Å². The second kappa shape index (κ2) is 10.8. The Morgan fingerprint density at radius 3 is 2.52 bits per heavy atom. The monoisotopic (exact) mass is 369 g/mol. The predicted octanol–water partition coefficient (Wildman–Crippen LogP) is 2.19. The van der Waals surface area contributed by atoms with Crippen molar-refractivity contribution in [1.82, 2.24) is 15.5 Å². The summed E-state index contributed by atoms with van der Waals surface area (Å²) in [6.45, 7) is 9.92. The van der Waals surface area contributed by atoms with Crippen LogP contribution in [-0.2, 0) is 22.6 Å². The summed E-state index contributed by atoms with van der Waals surface area (Å²) in [5.41, 5.74) is 2.05. The Balaban J connectivity index is 0.00000312. The van der Waals surface area contributed by atoms with Gasteiger partial charge in [-0.2, -0.15) is 0 Å². The summed E-state index contributed by atoms with van der Waals surface area (Å²) < 4.78 is 5.30. The summed E-state index contributed by atoms with van der Waals surface area (Å²) in [5, 5.41) is 6.42. The van der Waals surface area contributed by atoms with Gasteiger partial charge in [-0.1, -0.05) is 38.1 Å². The maximum absolute atomic E-state index is 12.7. The number of carbonyl (C=O) groups excluding carboxylic acids is 1. The first kappa shape index (κ1) is 21.9. The lowest BCUT2D eigenvalue weighted by Gasteiger charge is -2.26. The summed E-state index contributed by atoms with van der Waals surface area (Å²) in [6.07, 6.45) is 0.827. The Labute approximate surface area is 157 Å². The van der Waals surface area contributed by atoms with Gasteiger partial charge in [-0.05, 0) is 37.2 Å². The SMILES string of the molecule is CCN(CC)Cc1ccccc1CNC(=O)C1(COC)CCNC1.Cl. The number of nitrogens with one attached hydrogen (secondary N) is 2. The highest BCUT2D eigenvalue weighted by molar-refractivity contribution is 5.85. The number of ether oxygens (including phenoxy) is 1. The average molecular weight is 370 g/mol. The van der Waals surface area contributed by atoms with Gasteiger partial charge >= 0.3 is 0 Å². The molecule has 0 radical (unpaired) electrons. The van der Waals surface area contributed by atoms with Gasteiger partial charge in [-0.3, -0.25) is 9.69 Å². The molecule has 1 atom stereocenters. The molecule has 1 saturated heterocycles. The number of methoxy groups -OCH3 is 1. The summed E-state index contributed by atoms with van der Waals surface area (Å²) in [6, 6.07) is 8.36. The average Bonchev–Trinajstić information content (AvgIpc) is 3.08. The van der Waals surface area contributed by atoms with Crippen LogP contribution in [0.15, 0.2) is 24.3 Å². The van der Waals surface area contributed by atoms with Crippen LogP contribution in [0.4, 0.5) is 0 Å². The van der Waals surface area contributed by atoms with Crippen molar-refractivity contribution in [2.45, 2.75) is 33.4 Å². The van der Waals surface area contributed by atoms with Crippen LogP contribution in [-0.4, -0.2) is 50.7 Å². The maximum atomic E-state index is 12.7. The Hall–Kier alpha value is -1.14. The zero-order chi connectivity index (χ0) is 17.4. The molecule has 1 aliphatic rings. The molecule has 2 rings (SSSR count).